The second-order valence-electron chi connectivity index (χ2n) is 18.7. The number of rotatable bonds is 44. The monoisotopic (exact) mass is 985 g/mol. The van der Waals surface area contributed by atoms with E-state index >= 15 is 0 Å². The molecule has 1 fully saturated rings. The third kappa shape index (κ3) is 35.5. The van der Waals surface area contributed by atoms with Crippen molar-refractivity contribution < 1.29 is 76.6 Å². The number of carbonyl (C=O) groups is 3. The van der Waals surface area contributed by atoms with Gasteiger partial charge in [-0.25, -0.2) is 9.13 Å². The van der Waals surface area contributed by atoms with Crippen LogP contribution in [-0.2, 0) is 46.6 Å². The van der Waals surface area contributed by atoms with Crippen molar-refractivity contribution in [1.82, 2.24) is 0 Å². The number of phosphoric acid groups is 2. The molecule has 0 aromatic rings. The maximum atomic E-state index is 12.8. The lowest BCUT2D eigenvalue weighted by molar-refractivity contribution is -0.161. The Morgan fingerprint density at radius 1 is 0.652 bits per heavy atom. The number of aliphatic hydroxyl groups is 3. The van der Waals surface area contributed by atoms with Crippen molar-refractivity contribution >= 4 is 33.4 Å². The van der Waals surface area contributed by atoms with Gasteiger partial charge in [-0.2, -0.15) is 0 Å². The number of ketones is 1. The standard InChI is InChI=1S/C48H90O16P2/c1-4-5-22-28-40(49)32-33-44-43(45(51)34-46(44)52)29-24-20-21-25-30-47(53)60-37-42(38-63-66(58,59)62-36-41(50)35-61-65(55,56)57)64-48(54)31-26-19-17-15-13-11-9-7-6-8-10-12-14-16-18-23-27-39(2)3/h32-33,39-45,49-51H,4-31,34-38H2,1-3H3,(H,58,59)(H2,55,56,57)/b33-32+/t40-,41-,42+,43+,44+,45-/m0/s1. The highest BCUT2D eigenvalue weighted by atomic mass is 31.2. The van der Waals surface area contributed by atoms with Crippen molar-refractivity contribution in [3.8, 4) is 0 Å². The highest BCUT2D eigenvalue weighted by Crippen LogP contribution is 2.44. The molecule has 66 heavy (non-hydrogen) atoms. The molecule has 0 saturated heterocycles. The lowest BCUT2D eigenvalue weighted by Gasteiger charge is -2.20. The van der Waals surface area contributed by atoms with Crippen molar-refractivity contribution in [1.29, 1.82) is 0 Å². The molecule has 0 radical (unpaired) electrons. The molecule has 1 aliphatic rings. The van der Waals surface area contributed by atoms with Crippen molar-refractivity contribution in [2.45, 2.75) is 231 Å². The number of carbonyl (C=O) groups excluding carboxylic acids is 3. The molecular weight excluding hydrogens is 894 g/mol. The molecule has 6 N–H and O–H groups in total. The third-order valence-electron chi connectivity index (χ3n) is 12.0. The average Bonchev–Trinajstić information content (AvgIpc) is 3.53. The molecule has 1 rings (SSSR count). The molecule has 0 heterocycles. The fourth-order valence-electron chi connectivity index (χ4n) is 8.09. The Labute approximate surface area is 396 Å². The second-order valence-corrected chi connectivity index (χ2v) is 21.4. The summed E-state index contributed by atoms with van der Waals surface area (Å²) in [6.07, 6.45) is 26.7. The normalized spacial score (nSPS) is 19.1. The smallest absolute Gasteiger partial charge is 0.462 e. The van der Waals surface area contributed by atoms with Gasteiger partial charge in [0, 0.05) is 25.2 Å². The van der Waals surface area contributed by atoms with Gasteiger partial charge in [0.05, 0.1) is 32.0 Å². The lowest BCUT2D eigenvalue weighted by atomic mass is 9.88. The Bertz CT molecular complexity index is 1390. The van der Waals surface area contributed by atoms with Crippen LogP contribution in [0.5, 0.6) is 0 Å². The fraction of sp³-hybridized carbons (Fsp3) is 0.896. The van der Waals surface area contributed by atoms with Crippen LogP contribution in [0.2, 0.25) is 0 Å². The van der Waals surface area contributed by atoms with E-state index in [0.717, 1.165) is 63.7 Å². The number of hydrogen-bond acceptors (Lipinski definition) is 13. The number of ether oxygens (including phenoxy) is 2. The van der Waals surface area contributed by atoms with Crippen LogP contribution in [0, 0.1) is 17.8 Å². The Morgan fingerprint density at radius 2 is 1.14 bits per heavy atom. The van der Waals surface area contributed by atoms with Crippen LogP contribution in [-0.4, -0.2) is 98.6 Å². The fourth-order valence-corrected chi connectivity index (χ4v) is 9.24. The Balaban J connectivity index is 2.45. The largest absolute Gasteiger partial charge is 0.472 e. The van der Waals surface area contributed by atoms with Crippen LogP contribution in [0.1, 0.15) is 207 Å². The van der Waals surface area contributed by atoms with E-state index in [1.54, 1.807) is 12.2 Å². The number of hydrogen-bond donors (Lipinski definition) is 6. The number of phosphoric ester groups is 2. The van der Waals surface area contributed by atoms with Gasteiger partial charge in [0.2, 0.25) is 0 Å². The van der Waals surface area contributed by atoms with E-state index in [0.29, 0.717) is 32.1 Å². The first-order chi connectivity index (χ1) is 31.4. The van der Waals surface area contributed by atoms with Gasteiger partial charge in [-0.15, -0.1) is 0 Å². The zero-order valence-electron chi connectivity index (χ0n) is 40.7. The van der Waals surface area contributed by atoms with E-state index in [9.17, 15) is 43.7 Å². The summed E-state index contributed by atoms with van der Waals surface area (Å²) < 4.78 is 48.0. The Hall–Kier alpha value is -1.55. The van der Waals surface area contributed by atoms with Crippen LogP contribution in [0.25, 0.3) is 0 Å². The SMILES string of the molecule is CCCCC[C@H](O)/C=C/[C@H]1C(=O)C[C@H](O)[C@@H]1CCCCCCC(=O)OC[C@H](COP(=O)(O)OC[C@@H](O)COP(=O)(O)O)OC(=O)CCCCCCCCCCCCCCCCCCC(C)C. The average molecular weight is 985 g/mol. The molecule has 0 aromatic carbocycles. The first kappa shape index (κ1) is 62.5. The number of esters is 2. The first-order valence-corrected chi connectivity index (χ1v) is 28.4. The van der Waals surface area contributed by atoms with E-state index in [2.05, 4.69) is 25.3 Å². The first-order valence-electron chi connectivity index (χ1n) is 25.3. The van der Waals surface area contributed by atoms with Crippen LogP contribution >= 0.6 is 15.6 Å². The maximum Gasteiger partial charge on any atom is 0.472 e. The maximum absolute atomic E-state index is 12.8. The minimum atomic E-state index is -4.89. The molecule has 1 aliphatic carbocycles. The minimum Gasteiger partial charge on any atom is -0.462 e. The van der Waals surface area contributed by atoms with Gasteiger partial charge in [0.15, 0.2) is 6.10 Å². The van der Waals surface area contributed by atoms with E-state index < -0.39 is 84.3 Å². The molecule has 18 heteroatoms. The molecule has 16 nitrogen and oxygen atoms in total. The number of aliphatic hydroxyl groups excluding tert-OH is 3. The zero-order valence-corrected chi connectivity index (χ0v) is 42.5. The van der Waals surface area contributed by atoms with E-state index in [1.807, 2.05) is 0 Å². The summed E-state index contributed by atoms with van der Waals surface area (Å²) in [5, 5.41) is 30.6. The highest BCUT2D eigenvalue weighted by molar-refractivity contribution is 7.47. The van der Waals surface area contributed by atoms with Crippen molar-refractivity contribution in [3.63, 3.8) is 0 Å². The molecule has 388 valence electrons. The summed E-state index contributed by atoms with van der Waals surface area (Å²) in [6.45, 7) is 3.77. The lowest BCUT2D eigenvalue weighted by Crippen LogP contribution is -2.30. The van der Waals surface area contributed by atoms with E-state index in [-0.39, 0.29) is 31.0 Å². The van der Waals surface area contributed by atoms with Crippen LogP contribution in [0.15, 0.2) is 12.2 Å². The zero-order chi connectivity index (χ0) is 49.1. The molecule has 1 unspecified atom stereocenters. The van der Waals surface area contributed by atoms with Crippen LogP contribution < -0.4 is 0 Å². The predicted octanol–water partition coefficient (Wildman–Crippen LogP) is 10.1. The Morgan fingerprint density at radius 3 is 1.68 bits per heavy atom. The topological polar surface area (TPSA) is 253 Å². The highest BCUT2D eigenvalue weighted by Gasteiger charge is 2.39. The summed E-state index contributed by atoms with van der Waals surface area (Å²) in [7, 11) is -9.76. The minimum absolute atomic E-state index is 0.0265. The summed E-state index contributed by atoms with van der Waals surface area (Å²) in [4.78, 5) is 65.7. The van der Waals surface area contributed by atoms with Gasteiger partial charge in [-0.05, 0) is 37.5 Å². The van der Waals surface area contributed by atoms with Crippen molar-refractivity contribution in [2.75, 3.05) is 26.4 Å². The molecular formula is C48H90O16P2. The van der Waals surface area contributed by atoms with Gasteiger partial charge in [-0.1, -0.05) is 174 Å². The van der Waals surface area contributed by atoms with Gasteiger partial charge in [0.25, 0.3) is 0 Å². The quantitative estimate of drug-likeness (QED) is 0.0144. The molecule has 0 amide bonds. The molecule has 0 bridgehead atoms. The summed E-state index contributed by atoms with van der Waals surface area (Å²) >= 11 is 0. The summed E-state index contributed by atoms with van der Waals surface area (Å²) in [6, 6.07) is 0. The molecule has 0 aromatic heterocycles. The molecule has 7 atom stereocenters. The van der Waals surface area contributed by atoms with Gasteiger partial charge in [0.1, 0.15) is 18.5 Å². The summed E-state index contributed by atoms with van der Waals surface area (Å²) in [5.74, 6) is -1.04. The number of allylic oxidation sites excluding steroid dienone is 1. The molecule has 0 spiro atoms. The van der Waals surface area contributed by atoms with Crippen molar-refractivity contribution in [3.05, 3.63) is 12.2 Å². The van der Waals surface area contributed by atoms with E-state index in [1.165, 1.54) is 77.0 Å². The van der Waals surface area contributed by atoms with Gasteiger partial charge in [-0.3, -0.25) is 28.0 Å². The predicted molar refractivity (Wildman–Crippen MR) is 254 cm³/mol. The van der Waals surface area contributed by atoms with Crippen molar-refractivity contribution in [2.24, 2.45) is 17.8 Å². The summed E-state index contributed by atoms with van der Waals surface area (Å²) in [5.41, 5.74) is 0. The van der Waals surface area contributed by atoms with E-state index in [4.69, 9.17) is 28.3 Å². The van der Waals surface area contributed by atoms with Gasteiger partial charge < -0.3 is 39.5 Å². The second kappa shape index (κ2) is 38.2. The van der Waals surface area contributed by atoms with Crippen LogP contribution in [0.4, 0.5) is 0 Å². The van der Waals surface area contributed by atoms with Crippen LogP contribution in [0.3, 0.4) is 0 Å². The molecule has 0 aliphatic heterocycles. The van der Waals surface area contributed by atoms with Gasteiger partial charge >= 0.3 is 27.6 Å². The molecule has 1 saturated carbocycles. The number of Topliss-reactive ketones (excluding diaryl/α,β-unsaturated/α-hetero) is 1. The number of unbranched alkanes of at least 4 members (excludes halogenated alkanes) is 20. The Kier molecular flexibility index (Phi) is 36.2. The third-order valence-corrected chi connectivity index (χ3v) is 13.4.